The zero-order valence-electron chi connectivity index (χ0n) is 8.78. The summed E-state index contributed by atoms with van der Waals surface area (Å²) in [5.41, 5.74) is 7.14. The van der Waals surface area contributed by atoms with Gasteiger partial charge in [-0.2, -0.15) is 11.8 Å². The van der Waals surface area contributed by atoms with Gasteiger partial charge < -0.3 is 10.8 Å². The quantitative estimate of drug-likeness (QED) is 0.804. The van der Waals surface area contributed by atoms with Gasteiger partial charge >= 0.3 is 0 Å². The van der Waals surface area contributed by atoms with Crippen LogP contribution in [-0.2, 0) is 12.1 Å². The van der Waals surface area contributed by atoms with Crippen LogP contribution < -0.4 is 5.73 Å². The van der Waals surface area contributed by atoms with Crippen molar-refractivity contribution in [3.05, 3.63) is 35.4 Å². The van der Waals surface area contributed by atoms with E-state index in [1.807, 2.05) is 36.0 Å². The van der Waals surface area contributed by atoms with E-state index < -0.39 is 5.60 Å². The van der Waals surface area contributed by atoms with Gasteiger partial charge in [0.2, 0.25) is 0 Å². The van der Waals surface area contributed by atoms with E-state index in [0.29, 0.717) is 6.54 Å². The molecule has 0 aliphatic carbocycles. The van der Waals surface area contributed by atoms with E-state index in [-0.39, 0.29) is 0 Å². The molecule has 0 radical (unpaired) electrons. The third kappa shape index (κ3) is 2.19. The van der Waals surface area contributed by atoms with Crippen LogP contribution in [0.1, 0.15) is 24.0 Å². The van der Waals surface area contributed by atoms with Crippen molar-refractivity contribution in [3.63, 3.8) is 0 Å². The van der Waals surface area contributed by atoms with Crippen molar-refractivity contribution in [2.24, 2.45) is 5.73 Å². The molecule has 3 N–H and O–H groups in total. The van der Waals surface area contributed by atoms with E-state index >= 15 is 0 Å². The summed E-state index contributed by atoms with van der Waals surface area (Å²) in [6.07, 6.45) is 1.94. The molecule has 1 aliphatic heterocycles. The highest BCUT2D eigenvalue weighted by atomic mass is 32.2. The van der Waals surface area contributed by atoms with Gasteiger partial charge in [0.1, 0.15) is 0 Å². The first-order chi connectivity index (χ1) is 7.26. The Kier molecular flexibility index (Phi) is 3.34. The number of thioether (sulfide) groups is 1. The molecule has 3 heteroatoms. The molecule has 0 bridgehead atoms. The lowest BCUT2D eigenvalue weighted by Crippen LogP contribution is -2.33. The van der Waals surface area contributed by atoms with Gasteiger partial charge in [0.25, 0.3) is 0 Å². The molecular formula is C12H17NOS. The SMILES string of the molecule is NCc1ccccc1C1(O)CCCSC1. The summed E-state index contributed by atoms with van der Waals surface area (Å²) in [5.74, 6) is 1.96. The Balaban J connectivity index is 2.34. The van der Waals surface area contributed by atoms with Gasteiger partial charge in [0.05, 0.1) is 5.60 Å². The van der Waals surface area contributed by atoms with E-state index in [2.05, 4.69) is 0 Å². The summed E-state index contributed by atoms with van der Waals surface area (Å²) in [6.45, 7) is 0.503. The molecule has 1 saturated heterocycles. The van der Waals surface area contributed by atoms with Gasteiger partial charge in [-0.05, 0) is 29.7 Å². The molecule has 0 saturated carbocycles. The predicted molar refractivity (Wildman–Crippen MR) is 64.8 cm³/mol. The van der Waals surface area contributed by atoms with E-state index in [4.69, 9.17) is 5.73 Å². The van der Waals surface area contributed by atoms with Crippen molar-refractivity contribution in [3.8, 4) is 0 Å². The molecule has 82 valence electrons. The van der Waals surface area contributed by atoms with E-state index in [9.17, 15) is 5.11 Å². The standard InChI is InChI=1S/C12H17NOS/c13-8-10-4-1-2-5-11(10)12(14)6-3-7-15-9-12/h1-2,4-5,14H,3,6-9,13H2. The first-order valence-electron chi connectivity index (χ1n) is 5.35. The normalized spacial score (nSPS) is 26.5. The first-order valence-corrected chi connectivity index (χ1v) is 6.50. The predicted octanol–water partition coefficient (Wildman–Crippen LogP) is 1.86. The smallest absolute Gasteiger partial charge is 0.0989 e. The third-order valence-corrected chi connectivity index (χ3v) is 4.22. The van der Waals surface area contributed by atoms with Crippen LogP contribution in [0.5, 0.6) is 0 Å². The van der Waals surface area contributed by atoms with Crippen molar-refractivity contribution in [2.45, 2.75) is 25.0 Å². The first kappa shape index (κ1) is 11.0. The van der Waals surface area contributed by atoms with Crippen LogP contribution in [0.15, 0.2) is 24.3 Å². The molecule has 1 aliphatic rings. The summed E-state index contributed by atoms with van der Waals surface area (Å²) in [5, 5.41) is 10.6. The molecule has 15 heavy (non-hydrogen) atoms. The maximum atomic E-state index is 10.6. The lowest BCUT2D eigenvalue weighted by molar-refractivity contribution is 0.0486. The monoisotopic (exact) mass is 223 g/mol. The van der Waals surface area contributed by atoms with Crippen molar-refractivity contribution in [1.29, 1.82) is 0 Å². The average Bonchev–Trinajstić information content (AvgIpc) is 2.30. The Morgan fingerprint density at radius 1 is 1.40 bits per heavy atom. The molecule has 0 spiro atoms. The fourth-order valence-electron chi connectivity index (χ4n) is 2.14. The largest absolute Gasteiger partial charge is 0.384 e. The van der Waals surface area contributed by atoms with Crippen LogP contribution in [0.25, 0.3) is 0 Å². The Bertz CT molecular complexity index is 334. The molecular weight excluding hydrogens is 206 g/mol. The maximum Gasteiger partial charge on any atom is 0.0989 e. The average molecular weight is 223 g/mol. The molecule has 1 fully saturated rings. The Morgan fingerprint density at radius 3 is 2.87 bits per heavy atom. The minimum absolute atomic E-state index is 0.503. The Labute approximate surface area is 94.9 Å². The fourth-order valence-corrected chi connectivity index (χ4v) is 3.27. The number of hydrogen-bond donors (Lipinski definition) is 2. The molecule has 2 nitrogen and oxygen atoms in total. The van der Waals surface area contributed by atoms with Gasteiger partial charge in [-0.1, -0.05) is 24.3 Å². The van der Waals surface area contributed by atoms with Crippen molar-refractivity contribution in [2.75, 3.05) is 11.5 Å². The van der Waals surface area contributed by atoms with Gasteiger partial charge in [0.15, 0.2) is 0 Å². The van der Waals surface area contributed by atoms with Gasteiger partial charge in [-0.15, -0.1) is 0 Å². The van der Waals surface area contributed by atoms with Crippen LogP contribution in [0.2, 0.25) is 0 Å². The van der Waals surface area contributed by atoms with Gasteiger partial charge in [-0.3, -0.25) is 0 Å². The molecule has 1 atom stereocenters. The second kappa shape index (κ2) is 4.56. The highest BCUT2D eigenvalue weighted by molar-refractivity contribution is 7.99. The summed E-state index contributed by atoms with van der Waals surface area (Å²) in [7, 11) is 0. The van der Waals surface area contributed by atoms with Crippen molar-refractivity contribution < 1.29 is 5.11 Å². The summed E-state index contributed by atoms with van der Waals surface area (Å²) < 4.78 is 0. The second-order valence-corrected chi connectivity index (χ2v) is 5.15. The van der Waals surface area contributed by atoms with Gasteiger partial charge in [0, 0.05) is 12.3 Å². The number of hydrogen-bond acceptors (Lipinski definition) is 3. The second-order valence-electron chi connectivity index (χ2n) is 4.05. The number of aliphatic hydroxyl groups is 1. The highest BCUT2D eigenvalue weighted by Crippen LogP contribution is 2.36. The molecule has 0 aromatic heterocycles. The number of nitrogens with two attached hydrogens (primary N) is 1. The van der Waals surface area contributed by atoms with Gasteiger partial charge in [-0.25, -0.2) is 0 Å². The molecule has 1 unspecified atom stereocenters. The topological polar surface area (TPSA) is 46.2 Å². The maximum absolute atomic E-state index is 10.6. The lowest BCUT2D eigenvalue weighted by atomic mass is 9.87. The molecule has 0 amide bonds. The molecule has 1 heterocycles. The molecule has 1 aromatic carbocycles. The summed E-state index contributed by atoms with van der Waals surface area (Å²) in [4.78, 5) is 0. The van der Waals surface area contributed by atoms with Crippen LogP contribution in [-0.4, -0.2) is 16.6 Å². The zero-order chi connectivity index (χ0) is 10.7. The van der Waals surface area contributed by atoms with E-state index in [1.165, 1.54) is 0 Å². The van der Waals surface area contributed by atoms with Crippen LogP contribution in [0.3, 0.4) is 0 Å². The van der Waals surface area contributed by atoms with E-state index in [1.54, 1.807) is 0 Å². The summed E-state index contributed by atoms with van der Waals surface area (Å²) >= 11 is 1.83. The minimum Gasteiger partial charge on any atom is -0.384 e. The third-order valence-electron chi connectivity index (χ3n) is 2.96. The van der Waals surface area contributed by atoms with Crippen LogP contribution >= 0.6 is 11.8 Å². The Hall–Kier alpha value is -0.510. The van der Waals surface area contributed by atoms with E-state index in [0.717, 1.165) is 35.5 Å². The number of rotatable bonds is 2. The molecule has 2 rings (SSSR count). The molecule has 1 aromatic rings. The van der Waals surface area contributed by atoms with Crippen LogP contribution in [0, 0.1) is 0 Å². The zero-order valence-corrected chi connectivity index (χ0v) is 9.59. The van der Waals surface area contributed by atoms with Crippen molar-refractivity contribution >= 4 is 11.8 Å². The van der Waals surface area contributed by atoms with Crippen molar-refractivity contribution in [1.82, 2.24) is 0 Å². The highest BCUT2D eigenvalue weighted by Gasteiger charge is 2.32. The summed E-state index contributed by atoms with van der Waals surface area (Å²) in [6, 6.07) is 7.97. The van der Waals surface area contributed by atoms with Crippen LogP contribution in [0.4, 0.5) is 0 Å². The Morgan fingerprint density at radius 2 is 2.20 bits per heavy atom. The minimum atomic E-state index is -0.654. The number of benzene rings is 1. The fraction of sp³-hybridized carbons (Fsp3) is 0.500. The lowest BCUT2D eigenvalue weighted by Gasteiger charge is -2.33.